The first kappa shape index (κ1) is 17.4. The summed E-state index contributed by atoms with van der Waals surface area (Å²) in [4.78, 5) is 11.3. The van der Waals surface area contributed by atoms with Crippen molar-refractivity contribution in [3.8, 4) is 0 Å². The Kier molecular flexibility index (Phi) is 5.61. The van der Waals surface area contributed by atoms with Gasteiger partial charge in [0, 0.05) is 0 Å². The summed E-state index contributed by atoms with van der Waals surface area (Å²) < 4.78 is 28.9. The SMILES string of the molecule is COC(=O)CC1(CS(=O)(=O)CCCC(C)(C)CN)CC1. The number of nitrogens with two attached hydrogens (primary N) is 1. The first-order valence-corrected chi connectivity index (χ1v) is 8.93. The Balaban J connectivity index is 2.44. The summed E-state index contributed by atoms with van der Waals surface area (Å²) in [6.45, 7) is 4.64. The Hall–Kier alpha value is -0.620. The molecule has 0 saturated heterocycles. The molecule has 1 aliphatic rings. The predicted molar refractivity (Wildman–Crippen MR) is 79.0 cm³/mol. The number of hydrogen-bond acceptors (Lipinski definition) is 5. The lowest BCUT2D eigenvalue weighted by atomic mass is 9.88. The van der Waals surface area contributed by atoms with Crippen molar-refractivity contribution in [3.63, 3.8) is 0 Å². The van der Waals surface area contributed by atoms with Crippen LogP contribution in [0, 0.1) is 10.8 Å². The average molecular weight is 305 g/mol. The third-order valence-electron chi connectivity index (χ3n) is 4.09. The van der Waals surface area contributed by atoms with Crippen molar-refractivity contribution in [2.45, 2.75) is 46.0 Å². The lowest BCUT2D eigenvalue weighted by Gasteiger charge is -2.22. The number of carbonyl (C=O) groups is 1. The molecule has 0 amide bonds. The van der Waals surface area contributed by atoms with Gasteiger partial charge in [0.25, 0.3) is 0 Å². The van der Waals surface area contributed by atoms with Crippen LogP contribution in [0.1, 0.15) is 46.0 Å². The second-order valence-corrected chi connectivity index (χ2v) is 9.00. The molecule has 1 rings (SSSR count). The molecule has 1 saturated carbocycles. The van der Waals surface area contributed by atoms with E-state index in [1.165, 1.54) is 7.11 Å². The number of ether oxygens (including phenoxy) is 1. The Bertz CT molecular complexity index is 438. The summed E-state index contributed by atoms with van der Waals surface area (Å²) in [5.74, 6) is -0.0284. The van der Waals surface area contributed by atoms with Crippen molar-refractivity contribution in [1.82, 2.24) is 0 Å². The quantitative estimate of drug-likeness (QED) is 0.652. The van der Waals surface area contributed by atoms with E-state index in [1.54, 1.807) is 0 Å². The molecule has 20 heavy (non-hydrogen) atoms. The maximum Gasteiger partial charge on any atom is 0.306 e. The van der Waals surface area contributed by atoms with Crippen LogP contribution in [-0.2, 0) is 19.4 Å². The number of sulfone groups is 1. The minimum atomic E-state index is -3.11. The van der Waals surface area contributed by atoms with Gasteiger partial charge in [0.15, 0.2) is 9.84 Å². The monoisotopic (exact) mass is 305 g/mol. The van der Waals surface area contributed by atoms with Gasteiger partial charge in [-0.3, -0.25) is 4.79 Å². The topological polar surface area (TPSA) is 86.5 Å². The van der Waals surface area contributed by atoms with Gasteiger partial charge < -0.3 is 10.5 Å². The molecule has 0 unspecified atom stereocenters. The summed E-state index contributed by atoms with van der Waals surface area (Å²) in [6.07, 6.45) is 3.25. The van der Waals surface area contributed by atoms with E-state index in [2.05, 4.69) is 4.74 Å². The van der Waals surface area contributed by atoms with E-state index >= 15 is 0 Å². The zero-order valence-electron chi connectivity index (χ0n) is 12.8. The second kappa shape index (κ2) is 6.43. The molecule has 5 nitrogen and oxygen atoms in total. The zero-order chi connectivity index (χ0) is 15.4. The summed E-state index contributed by atoms with van der Waals surface area (Å²) in [5.41, 5.74) is 5.27. The summed E-state index contributed by atoms with van der Waals surface area (Å²) in [5, 5.41) is 0. The van der Waals surface area contributed by atoms with Gasteiger partial charge in [0.1, 0.15) is 0 Å². The van der Waals surface area contributed by atoms with E-state index < -0.39 is 9.84 Å². The molecule has 1 fully saturated rings. The van der Waals surface area contributed by atoms with E-state index in [-0.39, 0.29) is 34.7 Å². The van der Waals surface area contributed by atoms with Gasteiger partial charge in [-0.05, 0) is 43.1 Å². The Morgan fingerprint density at radius 3 is 2.40 bits per heavy atom. The highest BCUT2D eigenvalue weighted by atomic mass is 32.2. The third-order valence-corrected chi connectivity index (χ3v) is 6.05. The van der Waals surface area contributed by atoms with Gasteiger partial charge in [-0.25, -0.2) is 8.42 Å². The molecule has 118 valence electrons. The second-order valence-electron chi connectivity index (χ2n) is 6.82. The van der Waals surface area contributed by atoms with E-state index in [4.69, 9.17) is 5.73 Å². The maximum absolute atomic E-state index is 12.1. The van der Waals surface area contributed by atoms with Crippen LogP contribution in [0.3, 0.4) is 0 Å². The van der Waals surface area contributed by atoms with Crippen LogP contribution in [-0.4, -0.2) is 39.5 Å². The molecule has 0 aromatic carbocycles. The normalized spacial score (nSPS) is 17.8. The maximum atomic E-state index is 12.1. The standard InChI is InChI=1S/C14H27NO4S/c1-13(2,10-15)5-4-8-20(17,18)11-14(6-7-14)9-12(16)19-3/h4-11,15H2,1-3H3. The molecule has 0 aromatic rings. The highest BCUT2D eigenvalue weighted by Gasteiger charge is 2.47. The number of carbonyl (C=O) groups excluding carboxylic acids is 1. The molecule has 0 bridgehead atoms. The van der Waals surface area contributed by atoms with Crippen LogP contribution >= 0.6 is 0 Å². The minimum Gasteiger partial charge on any atom is -0.469 e. The molecule has 0 radical (unpaired) electrons. The van der Waals surface area contributed by atoms with Crippen molar-refractivity contribution in [2.24, 2.45) is 16.6 Å². The molecule has 1 aliphatic carbocycles. The van der Waals surface area contributed by atoms with Gasteiger partial charge in [0.05, 0.1) is 25.0 Å². The smallest absolute Gasteiger partial charge is 0.306 e. The summed E-state index contributed by atoms with van der Waals surface area (Å²) >= 11 is 0. The van der Waals surface area contributed by atoms with Crippen LogP contribution in [0.2, 0.25) is 0 Å². The number of esters is 1. The molecule has 0 aromatic heterocycles. The first-order chi connectivity index (χ1) is 9.14. The van der Waals surface area contributed by atoms with Crippen LogP contribution < -0.4 is 5.73 Å². The Morgan fingerprint density at radius 1 is 1.35 bits per heavy atom. The van der Waals surface area contributed by atoms with Crippen LogP contribution in [0.5, 0.6) is 0 Å². The third kappa shape index (κ3) is 5.79. The molecule has 0 heterocycles. The highest BCUT2D eigenvalue weighted by Crippen LogP contribution is 2.50. The van der Waals surface area contributed by atoms with Crippen LogP contribution in [0.4, 0.5) is 0 Å². The lowest BCUT2D eigenvalue weighted by Crippen LogP contribution is -2.26. The van der Waals surface area contributed by atoms with E-state index in [0.717, 1.165) is 19.3 Å². The fourth-order valence-corrected chi connectivity index (χ4v) is 4.39. The van der Waals surface area contributed by atoms with Crippen molar-refractivity contribution in [3.05, 3.63) is 0 Å². The van der Waals surface area contributed by atoms with E-state index in [9.17, 15) is 13.2 Å². The van der Waals surface area contributed by atoms with Gasteiger partial charge in [-0.2, -0.15) is 0 Å². The van der Waals surface area contributed by atoms with Gasteiger partial charge in [-0.15, -0.1) is 0 Å². The van der Waals surface area contributed by atoms with E-state index in [0.29, 0.717) is 13.0 Å². The summed E-state index contributed by atoms with van der Waals surface area (Å²) in [7, 11) is -1.77. The Labute approximate surface area is 122 Å². The fraction of sp³-hybridized carbons (Fsp3) is 0.929. The Morgan fingerprint density at radius 2 is 1.95 bits per heavy atom. The fourth-order valence-electron chi connectivity index (χ4n) is 2.34. The van der Waals surface area contributed by atoms with Crippen LogP contribution in [0.15, 0.2) is 0 Å². The molecule has 2 N–H and O–H groups in total. The number of hydrogen-bond donors (Lipinski definition) is 1. The predicted octanol–water partition coefficient (Wildman–Crippen LogP) is 1.51. The molecule has 0 aliphatic heterocycles. The van der Waals surface area contributed by atoms with Crippen molar-refractivity contribution >= 4 is 15.8 Å². The van der Waals surface area contributed by atoms with Crippen LogP contribution in [0.25, 0.3) is 0 Å². The van der Waals surface area contributed by atoms with Crippen molar-refractivity contribution in [2.75, 3.05) is 25.2 Å². The van der Waals surface area contributed by atoms with Gasteiger partial charge >= 0.3 is 5.97 Å². The molecular weight excluding hydrogens is 278 g/mol. The van der Waals surface area contributed by atoms with Gasteiger partial charge in [-0.1, -0.05) is 13.8 Å². The average Bonchev–Trinajstić information content (AvgIpc) is 3.06. The van der Waals surface area contributed by atoms with E-state index in [1.807, 2.05) is 13.8 Å². The molecule has 0 spiro atoms. The van der Waals surface area contributed by atoms with Crippen molar-refractivity contribution in [1.29, 1.82) is 0 Å². The molecular formula is C14H27NO4S. The lowest BCUT2D eigenvalue weighted by molar-refractivity contribution is -0.141. The molecule has 0 atom stereocenters. The minimum absolute atomic E-state index is 0.0151. The largest absolute Gasteiger partial charge is 0.469 e. The first-order valence-electron chi connectivity index (χ1n) is 7.11. The summed E-state index contributed by atoms with van der Waals surface area (Å²) in [6, 6.07) is 0. The van der Waals surface area contributed by atoms with Crippen molar-refractivity contribution < 1.29 is 17.9 Å². The number of rotatable bonds is 9. The molecule has 6 heteroatoms. The number of methoxy groups -OCH3 is 1. The van der Waals surface area contributed by atoms with Gasteiger partial charge in [0.2, 0.25) is 0 Å². The highest BCUT2D eigenvalue weighted by molar-refractivity contribution is 7.91. The zero-order valence-corrected chi connectivity index (χ0v) is 13.6.